The van der Waals surface area contributed by atoms with E-state index in [9.17, 15) is 0 Å². The van der Waals surface area contributed by atoms with Gasteiger partial charge in [0.15, 0.2) is 5.96 Å². The Labute approximate surface area is 132 Å². The Morgan fingerprint density at radius 2 is 1.64 bits per heavy atom. The number of nitrogens with zero attached hydrogens (tertiary/aromatic N) is 1. The number of nitrogens with one attached hydrogen (secondary N) is 1. The van der Waals surface area contributed by atoms with Gasteiger partial charge in [0, 0.05) is 12.8 Å². The van der Waals surface area contributed by atoms with Gasteiger partial charge in [-0.05, 0) is 48.2 Å². The van der Waals surface area contributed by atoms with Crippen LogP contribution in [-0.4, -0.2) is 13.1 Å². The molecule has 0 radical (unpaired) electrons. The highest BCUT2D eigenvalue weighted by molar-refractivity contribution is 5.92. The molecule has 4 nitrogen and oxygen atoms in total. The Bertz CT molecular complexity index is 628. The molecular formula is C18H23N3O. The first-order valence-electron chi connectivity index (χ1n) is 7.29. The van der Waals surface area contributed by atoms with Crippen molar-refractivity contribution in [1.29, 1.82) is 0 Å². The quantitative estimate of drug-likeness (QED) is 0.657. The van der Waals surface area contributed by atoms with Crippen LogP contribution in [0.3, 0.4) is 0 Å². The second kappa shape index (κ2) is 7.61. The number of hydrogen-bond acceptors (Lipinski definition) is 2. The van der Waals surface area contributed by atoms with Crippen LogP contribution in [0.1, 0.15) is 22.3 Å². The Balaban J connectivity index is 1.97. The topological polar surface area (TPSA) is 59.6 Å². The molecule has 2 aromatic rings. The van der Waals surface area contributed by atoms with E-state index in [2.05, 4.69) is 42.4 Å². The van der Waals surface area contributed by atoms with Gasteiger partial charge in [0.1, 0.15) is 0 Å². The summed E-state index contributed by atoms with van der Waals surface area (Å²) in [5, 5.41) is 3.13. The molecule has 22 heavy (non-hydrogen) atoms. The highest BCUT2D eigenvalue weighted by Gasteiger charge is 1.99. The Hall–Kier alpha value is -2.33. The third kappa shape index (κ3) is 4.90. The Morgan fingerprint density at radius 3 is 2.23 bits per heavy atom. The van der Waals surface area contributed by atoms with E-state index in [1.807, 2.05) is 24.3 Å². The number of methoxy groups -OCH3 is 1. The number of guanidine groups is 1. The molecule has 0 aliphatic carbocycles. The van der Waals surface area contributed by atoms with Crippen LogP contribution in [-0.2, 0) is 17.9 Å². The van der Waals surface area contributed by atoms with Crippen molar-refractivity contribution in [3.63, 3.8) is 0 Å². The second-order valence-electron chi connectivity index (χ2n) is 5.45. The molecule has 0 aliphatic heterocycles. The maximum absolute atomic E-state index is 5.95. The molecule has 116 valence electrons. The average Bonchev–Trinajstić information content (AvgIpc) is 2.46. The lowest BCUT2D eigenvalue weighted by Gasteiger charge is -2.08. The van der Waals surface area contributed by atoms with Crippen LogP contribution >= 0.6 is 0 Å². The number of aryl methyl sites for hydroxylation is 2. The van der Waals surface area contributed by atoms with E-state index in [4.69, 9.17) is 10.5 Å². The maximum Gasteiger partial charge on any atom is 0.193 e. The van der Waals surface area contributed by atoms with Crippen LogP contribution in [0.15, 0.2) is 47.5 Å². The summed E-state index contributed by atoms with van der Waals surface area (Å²) in [5.74, 6) is 0.422. The summed E-state index contributed by atoms with van der Waals surface area (Å²) in [7, 11) is 1.69. The summed E-state index contributed by atoms with van der Waals surface area (Å²) in [6, 6.07) is 14.4. The van der Waals surface area contributed by atoms with E-state index in [-0.39, 0.29) is 0 Å². The van der Waals surface area contributed by atoms with Crippen LogP contribution in [0.4, 0.5) is 5.69 Å². The molecule has 0 unspecified atom stereocenters. The fraction of sp³-hybridized carbons (Fsp3) is 0.278. The predicted molar refractivity (Wildman–Crippen MR) is 92.0 cm³/mol. The first kappa shape index (κ1) is 16.0. The van der Waals surface area contributed by atoms with Crippen molar-refractivity contribution in [1.82, 2.24) is 0 Å². The molecule has 0 aromatic heterocycles. The molecule has 0 amide bonds. The van der Waals surface area contributed by atoms with Crippen LogP contribution < -0.4 is 11.1 Å². The number of hydrogen-bond donors (Lipinski definition) is 2. The number of ether oxygens (including phenoxy) is 1. The molecule has 2 aromatic carbocycles. The van der Waals surface area contributed by atoms with Gasteiger partial charge in [-0.3, -0.25) is 0 Å². The van der Waals surface area contributed by atoms with Gasteiger partial charge in [-0.1, -0.05) is 30.3 Å². The van der Waals surface area contributed by atoms with Crippen molar-refractivity contribution in [2.75, 3.05) is 12.4 Å². The summed E-state index contributed by atoms with van der Waals surface area (Å²) in [4.78, 5) is 4.38. The van der Waals surface area contributed by atoms with Crippen LogP contribution in [0.5, 0.6) is 0 Å². The monoisotopic (exact) mass is 297 g/mol. The van der Waals surface area contributed by atoms with Gasteiger partial charge >= 0.3 is 0 Å². The van der Waals surface area contributed by atoms with Gasteiger partial charge in [-0.25, -0.2) is 4.99 Å². The molecule has 3 N–H and O–H groups in total. The van der Waals surface area contributed by atoms with Gasteiger partial charge in [0.25, 0.3) is 0 Å². The third-order valence-electron chi connectivity index (χ3n) is 3.26. The van der Waals surface area contributed by atoms with E-state index in [1.54, 1.807) is 7.11 Å². The van der Waals surface area contributed by atoms with Crippen molar-refractivity contribution in [2.45, 2.75) is 27.0 Å². The van der Waals surface area contributed by atoms with E-state index >= 15 is 0 Å². The lowest BCUT2D eigenvalue weighted by atomic mass is 10.1. The minimum Gasteiger partial charge on any atom is -0.380 e. The third-order valence-corrected chi connectivity index (χ3v) is 3.26. The number of benzene rings is 2. The molecule has 0 fully saturated rings. The largest absolute Gasteiger partial charge is 0.380 e. The Kier molecular flexibility index (Phi) is 5.55. The molecule has 0 saturated carbocycles. The summed E-state index contributed by atoms with van der Waals surface area (Å²) in [6.07, 6.45) is 0. The van der Waals surface area contributed by atoms with Gasteiger partial charge < -0.3 is 15.8 Å². The fourth-order valence-corrected chi connectivity index (χ4v) is 2.32. The molecule has 0 saturated heterocycles. The minimum atomic E-state index is 0.422. The summed E-state index contributed by atoms with van der Waals surface area (Å²) in [5.41, 5.74) is 11.6. The van der Waals surface area contributed by atoms with Crippen molar-refractivity contribution in [3.05, 3.63) is 64.7 Å². The normalized spacial score (nSPS) is 11.5. The zero-order valence-corrected chi connectivity index (χ0v) is 13.4. The van der Waals surface area contributed by atoms with Crippen molar-refractivity contribution in [2.24, 2.45) is 10.7 Å². The van der Waals surface area contributed by atoms with Crippen molar-refractivity contribution in [3.8, 4) is 0 Å². The van der Waals surface area contributed by atoms with Crippen molar-refractivity contribution >= 4 is 11.6 Å². The molecule has 0 spiro atoms. The highest BCUT2D eigenvalue weighted by atomic mass is 16.5. The van der Waals surface area contributed by atoms with Crippen LogP contribution in [0.25, 0.3) is 0 Å². The van der Waals surface area contributed by atoms with Crippen LogP contribution in [0, 0.1) is 13.8 Å². The predicted octanol–water partition coefficient (Wildman–Crippen LogP) is 3.38. The number of aliphatic imine (C=N–C) groups is 1. The Morgan fingerprint density at radius 1 is 1.05 bits per heavy atom. The zero-order chi connectivity index (χ0) is 15.9. The molecule has 0 aliphatic rings. The maximum atomic E-state index is 5.95. The van der Waals surface area contributed by atoms with Gasteiger partial charge in [-0.2, -0.15) is 0 Å². The second-order valence-corrected chi connectivity index (χ2v) is 5.45. The number of nitrogens with two attached hydrogens (primary N) is 1. The molecule has 0 heterocycles. The molecule has 4 heteroatoms. The summed E-state index contributed by atoms with van der Waals surface area (Å²) < 4.78 is 5.09. The first-order valence-corrected chi connectivity index (χ1v) is 7.29. The van der Waals surface area contributed by atoms with E-state index in [1.165, 1.54) is 11.1 Å². The van der Waals surface area contributed by atoms with E-state index < -0.39 is 0 Å². The SMILES string of the molecule is COCc1ccc(CN=C(N)Nc2cc(C)cc(C)c2)cc1. The van der Waals surface area contributed by atoms with E-state index in [0.717, 1.165) is 16.8 Å². The fourth-order valence-electron chi connectivity index (χ4n) is 2.32. The summed E-state index contributed by atoms with van der Waals surface area (Å²) in [6.45, 7) is 5.30. The molecule has 0 atom stereocenters. The van der Waals surface area contributed by atoms with E-state index in [0.29, 0.717) is 19.1 Å². The smallest absolute Gasteiger partial charge is 0.193 e. The standard InChI is InChI=1S/C18H23N3O/c1-13-8-14(2)10-17(9-13)21-18(19)20-11-15-4-6-16(7-5-15)12-22-3/h4-10H,11-12H2,1-3H3,(H3,19,20,21). The average molecular weight is 297 g/mol. The molecular weight excluding hydrogens is 274 g/mol. The van der Waals surface area contributed by atoms with Gasteiger partial charge in [0.2, 0.25) is 0 Å². The summed E-state index contributed by atoms with van der Waals surface area (Å²) >= 11 is 0. The highest BCUT2D eigenvalue weighted by Crippen LogP contribution is 2.13. The lowest BCUT2D eigenvalue weighted by molar-refractivity contribution is 0.185. The van der Waals surface area contributed by atoms with Crippen molar-refractivity contribution < 1.29 is 4.74 Å². The zero-order valence-electron chi connectivity index (χ0n) is 13.4. The van der Waals surface area contributed by atoms with Crippen LogP contribution in [0.2, 0.25) is 0 Å². The number of anilines is 1. The molecule has 0 bridgehead atoms. The van der Waals surface area contributed by atoms with Gasteiger partial charge in [0.05, 0.1) is 13.2 Å². The van der Waals surface area contributed by atoms with Gasteiger partial charge in [-0.15, -0.1) is 0 Å². The minimum absolute atomic E-state index is 0.422. The lowest BCUT2D eigenvalue weighted by Crippen LogP contribution is -2.22. The number of rotatable bonds is 5. The first-order chi connectivity index (χ1) is 10.6. The molecule has 2 rings (SSSR count).